The fourth-order valence-corrected chi connectivity index (χ4v) is 3.66. The Hall–Kier alpha value is -1.75. The van der Waals surface area contributed by atoms with Crippen molar-refractivity contribution in [2.24, 2.45) is 0 Å². The number of thioether (sulfide) groups is 1. The highest BCUT2D eigenvalue weighted by Gasteiger charge is 2.19. The van der Waals surface area contributed by atoms with Gasteiger partial charge in [-0.1, -0.05) is 31.4 Å². The molecule has 1 aliphatic carbocycles. The molecule has 122 valence electrons. The van der Waals surface area contributed by atoms with Crippen LogP contribution in [0.3, 0.4) is 0 Å². The van der Waals surface area contributed by atoms with Crippen LogP contribution >= 0.6 is 11.8 Å². The molecule has 0 unspecified atom stereocenters. The van der Waals surface area contributed by atoms with Crippen molar-refractivity contribution in [3.8, 4) is 0 Å². The zero-order chi connectivity index (χ0) is 16.1. The molecule has 3 rings (SSSR count). The van der Waals surface area contributed by atoms with Gasteiger partial charge in [-0.25, -0.2) is 4.68 Å². The fraction of sp³-hybridized carbons (Fsp3) is 0.444. The highest BCUT2D eigenvalue weighted by atomic mass is 32.2. The quantitative estimate of drug-likeness (QED) is 0.878. The molecule has 1 N–H and O–H groups in total. The molecular weight excluding hydrogens is 306 g/mol. The van der Waals surface area contributed by atoms with Gasteiger partial charge in [0.1, 0.15) is 5.82 Å². The Bertz CT molecular complexity index is 645. The molecule has 1 aromatic carbocycles. The molecule has 23 heavy (non-hydrogen) atoms. The van der Waals surface area contributed by atoms with E-state index in [4.69, 9.17) is 0 Å². The summed E-state index contributed by atoms with van der Waals surface area (Å²) in [5, 5.41) is 7.44. The van der Waals surface area contributed by atoms with E-state index in [9.17, 15) is 4.79 Å². The average molecular weight is 329 g/mol. The Morgan fingerprint density at radius 2 is 1.96 bits per heavy atom. The van der Waals surface area contributed by atoms with Crippen molar-refractivity contribution in [2.45, 2.75) is 43.9 Å². The summed E-state index contributed by atoms with van der Waals surface area (Å²) in [5.41, 5.74) is 1.92. The van der Waals surface area contributed by atoms with E-state index in [1.165, 1.54) is 24.8 Å². The molecule has 0 saturated heterocycles. The van der Waals surface area contributed by atoms with Gasteiger partial charge in [0.2, 0.25) is 0 Å². The minimum Gasteiger partial charge on any atom is -0.307 e. The van der Waals surface area contributed by atoms with Gasteiger partial charge in [0.15, 0.2) is 0 Å². The van der Waals surface area contributed by atoms with E-state index in [1.54, 1.807) is 18.0 Å². The largest absolute Gasteiger partial charge is 0.307 e. The smallest absolute Gasteiger partial charge is 0.256 e. The Morgan fingerprint density at radius 3 is 2.65 bits per heavy atom. The molecule has 2 aromatic rings. The number of rotatable bonds is 5. The van der Waals surface area contributed by atoms with Gasteiger partial charge in [-0.15, -0.1) is 0 Å². The van der Waals surface area contributed by atoms with Crippen LogP contribution in [0.4, 0.5) is 5.82 Å². The number of nitrogens with one attached hydrogen (secondary N) is 1. The Kier molecular flexibility index (Phi) is 5.39. The predicted octanol–water partition coefficient (Wildman–Crippen LogP) is 4.50. The summed E-state index contributed by atoms with van der Waals surface area (Å²) in [4.78, 5) is 12.5. The van der Waals surface area contributed by atoms with Crippen molar-refractivity contribution in [1.29, 1.82) is 0 Å². The Balaban J connectivity index is 1.69. The molecule has 1 aromatic heterocycles. The van der Waals surface area contributed by atoms with Gasteiger partial charge in [0, 0.05) is 17.4 Å². The van der Waals surface area contributed by atoms with Crippen LogP contribution in [0.15, 0.2) is 36.5 Å². The molecule has 1 saturated carbocycles. The minimum atomic E-state index is -0.0711. The Labute approximate surface area is 141 Å². The summed E-state index contributed by atoms with van der Waals surface area (Å²) in [6.07, 6.45) is 9.94. The standard InChI is InChI=1S/C18H23N3OS/c1-23-13-14-7-9-15(10-8-14)18(22)20-17-11-12-19-21(17)16-5-3-2-4-6-16/h7-12,16H,2-6,13H2,1H3,(H,20,22). The van der Waals surface area contributed by atoms with E-state index in [2.05, 4.69) is 16.7 Å². The lowest BCUT2D eigenvalue weighted by Gasteiger charge is -2.23. The molecule has 0 radical (unpaired) electrons. The van der Waals surface area contributed by atoms with Crippen LogP contribution in [0.2, 0.25) is 0 Å². The van der Waals surface area contributed by atoms with Gasteiger partial charge in [-0.05, 0) is 36.8 Å². The maximum absolute atomic E-state index is 12.5. The lowest BCUT2D eigenvalue weighted by molar-refractivity contribution is 0.102. The molecule has 5 heteroatoms. The first kappa shape index (κ1) is 16.1. The fourth-order valence-electron chi connectivity index (χ4n) is 3.14. The van der Waals surface area contributed by atoms with Crippen molar-refractivity contribution in [3.63, 3.8) is 0 Å². The van der Waals surface area contributed by atoms with Gasteiger partial charge in [-0.3, -0.25) is 4.79 Å². The minimum absolute atomic E-state index is 0.0711. The first-order valence-electron chi connectivity index (χ1n) is 8.20. The van der Waals surface area contributed by atoms with E-state index in [-0.39, 0.29) is 5.91 Å². The number of hydrogen-bond acceptors (Lipinski definition) is 3. The maximum atomic E-state index is 12.5. The summed E-state index contributed by atoms with van der Waals surface area (Å²) in [6.45, 7) is 0. The van der Waals surface area contributed by atoms with Gasteiger partial charge >= 0.3 is 0 Å². The summed E-state index contributed by atoms with van der Waals surface area (Å²) in [6, 6.07) is 10.1. The van der Waals surface area contributed by atoms with Crippen molar-refractivity contribution >= 4 is 23.5 Å². The number of carbonyl (C=O) groups excluding carboxylic acids is 1. The van der Waals surface area contributed by atoms with Crippen LogP contribution in [0.1, 0.15) is 54.1 Å². The molecule has 1 amide bonds. The van der Waals surface area contributed by atoms with Crippen molar-refractivity contribution in [3.05, 3.63) is 47.7 Å². The highest BCUT2D eigenvalue weighted by molar-refractivity contribution is 7.97. The van der Waals surface area contributed by atoms with E-state index >= 15 is 0 Å². The number of carbonyl (C=O) groups is 1. The van der Waals surface area contributed by atoms with Crippen LogP contribution in [0.5, 0.6) is 0 Å². The van der Waals surface area contributed by atoms with E-state index in [0.717, 1.165) is 24.4 Å². The van der Waals surface area contributed by atoms with Gasteiger partial charge < -0.3 is 5.32 Å². The first-order valence-corrected chi connectivity index (χ1v) is 9.60. The SMILES string of the molecule is CSCc1ccc(C(=O)Nc2ccnn2C2CCCCC2)cc1. The number of aromatic nitrogens is 2. The zero-order valence-corrected chi connectivity index (χ0v) is 14.3. The normalized spacial score (nSPS) is 15.5. The molecule has 0 atom stereocenters. The van der Waals surface area contributed by atoms with Crippen LogP contribution in [0.25, 0.3) is 0 Å². The van der Waals surface area contributed by atoms with Gasteiger partial charge in [0.05, 0.1) is 12.2 Å². The predicted molar refractivity (Wildman–Crippen MR) is 96.0 cm³/mol. The lowest BCUT2D eigenvalue weighted by Crippen LogP contribution is -2.20. The molecule has 1 aliphatic rings. The second-order valence-electron chi connectivity index (χ2n) is 6.04. The monoisotopic (exact) mass is 329 g/mol. The van der Waals surface area contributed by atoms with Crippen LogP contribution in [0, 0.1) is 0 Å². The third kappa shape index (κ3) is 3.96. The van der Waals surface area contributed by atoms with Crippen molar-refractivity contribution < 1.29 is 4.79 Å². The van der Waals surface area contributed by atoms with Crippen LogP contribution in [-0.4, -0.2) is 21.9 Å². The molecule has 1 heterocycles. The number of benzene rings is 1. The van der Waals surface area contributed by atoms with E-state index in [1.807, 2.05) is 35.0 Å². The molecule has 1 fully saturated rings. The topological polar surface area (TPSA) is 46.9 Å². The third-order valence-corrected chi connectivity index (χ3v) is 4.98. The summed E-state index contributed by atoms with van der Waals surface area (Å²) in [7, 11) is 0. The Morgan fingerprint density at radius 1 is 1.22 bits per heavy atom. The van der Waals surface area contributed by atoms with Crippen LogP contribution < -0.4 is 5.32 Å². The number of anilines is 1. The average Bonchev–Trinajstić information content (AvgIpc) is 3.05. The van der Waals surface area contributed by atoms with Crippen molar-refractivity contribution in [2.75, 3.05) is 11.6 Å². The molecule has 0 aliphatic heterocycles. The second-order valence-corrected chi connectivity index (χ2v) is 6.90. The van der Waals surface area contributed by atoms with E-state index < -0.39 is 0 Å². The third-order valence-electron chi connectivity index (χ3n) is 4.36. The maximum Gasteiger partial charge on any atom is 0.256 e. The number of amides is 1. The molecular formula is C18H23N3OS. The lowest BCUT2D eigenvalue weighted by atomic mass is 9.96. The zero-order valence-electron chi connectivity index (χ0n) is 13.5. The number of nitrogens with zero attached hydrogens (tertiary/aromatic N) is 2. The summed E-state index contributed by atoms with van der Waals surface area (Å²) < 4.78 is 1.99. The molecule has 0 bridgehead atoms. The van der Waals surface area contributed by atoms with Crippen molar-refractivity contribution in [1.82, 2.24) is 9.78 Å². The molecule has 0 spiro atoms. The van der Waals surface area contributed by atoms with Crippen LogP contribution in [-0.2, 0) is 5.75 Å². The van der Waals surface area contributed by atoms with Gasteiger partial charge in [0.25, 0.3) is 5.91 Å². The first-order chi connectivity index (χ1) is 11.3. The molecule has 4 nitrogen and oxygen atoms in total. The van der Waals surface area contributed by atoms with Gasteiger partial charge in [-0.2, -0.15) is 16.9 Å². The number of hydrogen-bond donors (Lipinski definition) is 1. The summed E-state index contributed by atoms with van der Waals surface area (Å²) in [5.74, 6) is 1.70. The van der Waals surface area contributed by atoms with E-state index in [0.29, 0.717) is 11.6 Å². The summed E-state index contributed by atoms with van der Waals surface area (Å²) >= 11 is 1.78. The highest BCUT2D eigenvalue weighted by Crippen LogP contribution is 2.30. The second kappa shape index (κ2) is 7.68.